The minimum Gasteiger partial charge on any atom is -0.248 e. The summed E-state index contributed by atoms with van der Waals surface area (Å²) in [5.74, 6) is 0. The van der Waals surface area contributed by atoms with Gasteiger partial charge < -0.3 is 0 Å². The van der Waals surface area contributed by atoms with Crippen molar-refractivity contribution in [1.82, 2.24) is 0 Å². The molecule has 26 valence electrons. The molecular weight excluding hydrogens is 55.0 g/mol. The quantitative estimate of drug-likeness (QED) is 0.398. The molecule has 0 rings (SSSR count). The van der Waals surface area contributed by atoms with Crippen molar-refractivity contribution < 1.29 is 5.76 Å². The predicted octanol–water partition coefficient (Wildman–Crippen LogP) is 1.36. The third kappa shape index (κ3) is 341. The molecule has 0 nitrogen and oxygen atoms in total. The number of halogens is 1. The third-order valence-corrected chi connectivity index (χ3v) is 0. The summed E-state index contributed by atoms with van der Waals surface area (Å²) in [6.45, 7) is 2.38. The summed E-state index contributed by atoms with van der Waals surface area (Å²) in [7, 11) is 0. The van der Waals surface area contributed by atoms with Crippen LogP contribution in [-0.2, 0) is 0 Å². The molecule has 0 atom stereocenters. The van der Waals surface area contributed by atoms with Crippen molar-refractivity contribution >= 4 is 0 Å². The second-order valence-corrected chi connectivity index (χ2v) is 0.878. The van der Waals surface area contributed by atoms with E-state index in [4.69, 9.17) is 1.37 Å². The summed E-state index contributed by atoms with van der Waals surface area (Å²) in [4.78, 5) is 0. The Morgan fingerprint density at radius 3 is 2.00 bits per heavy atom. The lowest BCUT2D eigenvalue weighted by molar-refractivity contribution is 0.391. The zero-order valence-corrected chi connectivity index (χ0v) is 2.88. The van der Waals surface area contributed by atoms with E-state index < -0.39 is 6.15 Å². The van der Waals surface area contributed by atoms with Gasteiger partial charge in [0.2, 0.25) is 0 Å². The number of hydrogen-bond donors (Lipinski definition) is 0. The van der Waals surface area contributed by atoms with Gasteiger partial charge in [0.1, 0.15) is 0 Å². The summed E-state index contributed by atoms with van der Waals surface area (Å²) in [6.07, 6.45) is -1.75. The van der Waals surface area contributed by atoms with Gasteiger partial charge >= 0.3 is 0 Å². The van der Waals surface area contributed by atoms with Crippen molar-refractivity contribution in [2.75, 3.05) is 0 Å². The van der Waals surface area contributed by atoms with E-state index in [-0.39, 0.29) is 0 Å². The van der Waals surface area contributed by atoms with Gasteiger partial charge in [0.15, 0.2) is 0 Å². The molecule has 0 heterocycles. The van der Waals surface area contributed by atoms with Crippen LogP contribution in [0.25, 0.3) is 0 Å². The van der Waals surface area contributed by atoms with Gasteiger partial charge in [-0.05, 0) is 13.8 Å². The maximum absolute atomic E-state index is 11.4. The van der Waals surface area contributed by atoms with Crippen LogP contribution in [0.2, 0.25) is 0 Å². The van der Waals surface area contributed by atoms with Crippen LogP contribution in [0, 0.1) is 0 Å². The fraction of sp³-hybridized carbons (Fsp3) is 1.00. The third-order valence-electron chi connectivity index (χ3n) is 0. The summed E-state index contributed by atoms with van der Waals surface area (Å²) >= 11 is 0. The molecule has 0 spiro atoms. The van der Waals surface area contributed by atoms with E-state index >= 15 is 0 Å². The Morgan fingerprint density at radius 2 is 2.00 bits per heavy atom. The second kappa shape index (κ2) is 1.27. The van der Waals surface area contributed by atoms with Gasteiger partial charge in [-0.15, -0.1) is 0 Å². The highest BCUT2D eigenvalue weighted by Gasteiger charge is 1.73. The molecule has 0 aromatic carbocycles. The smallest absolute Gasteiger partial charge is 0.0945 e. The van der Waals surface area contributed by atoms with Gasteiger partial charge in [0.05, 0.1) is 7.52 Å². The number of alkyl halides is 1. The Bertz CT molecular complexity index is 22.4. The van der Waals surface area contributed by atoms with Crippen molar-refractivity contribution in [3.05, 3.63) is 0 Å². The average molecular weight is 63.1 g/mol. The van der Waals surface area contributed by atoms with Crippen LogP contribution < -0.4 is 0 Å². The molecule has 0 amide bonds. The van der Waals surface area contributed by atoms with Crippen LogP contribution in [0.1, 0.15) is 15.2 Å². The van der Waals surface area contributed by atoms with E-state index in [9.17, 15) is 4.39 Å². The Kier molecular flexibility index (Phi) is 0.694. The Balaban J connectivity index is 3.02. The van der Waals surface area contributed by atoms with E-state index in [2.05, 4.69) is 0 Å². The van der Waals surface area contributed by atoms with E-state index in [0.29, 0.717) is 0 Å². The van der Waals surface area contributed by atoms with Crippen LogP contribution in [0.4, 0.5) is 4.39 Å². The van der Waals surface area contributed by atoms with E-state index in [1.54, 1.807) is 0 Å². The Hall–Kier alpha value is -0.0700. The Morgan fingerprint density at radius 1 is 2.00 bits per heavy atom. The summed E-state index contributed by atoms with van der Waals surface area (Å²) < 4.78 is 17.6. The lowest BCUT2D eigenvalue weighted by Gasteiger charge is -1.74. The molecule has 1 heteroatoms. The first-order valence-electron chi connectivity index (χ1n) is 1.69. The molecule has 0 radical (unpaired) electrons. The lowest BCUT2D eigenvalue weighted by atomic mass is 10.5. The maximum Gasteiger partial charge on any atom is 0.0945 e. The highest BCUT2D eigenvalue weighted by molar-refractivity contribution is 4.22. The SMILES string of the molecule is [2H]C(C)(C)F. The topological polar surface area (TPSA) is 0 Å². The van der Waals surface area contributed by atoms with Gasteiger partial charge in [-0.3, -0.25) is 0 Å². The van der Waals surface area contributed by atoms with Crippen LogP contribution in [0.15, 0.2) is 0 Å². The van der Waals surface area contributed by atoms with E-state index in [1.807, 2.05) is 0 Å². The number of rotatable bonds is 0. The lowest BCUT2D eigenvalue weighted by Crippen LogP contribution is -1.73. The molecule has 0 saturated heterocycles. The molecule has 0 saturated carbocycles. The molecular formula is C3H7F. The fourth-order valence-electron chi connectivity index (χ4n) is 0. The van der Waals surface area contributed by atoms with Crippen molar-refractivity contribution in [1.29, 1.82) is 0 Å². The molecule has 0 aliphatic heterocycles. The molecule has 0 aliphatic carbocycles. The zero-order valence-electron chi connectivity index (χ0n) is 3.88. The van der Waals surface area contributed by atoms with Crippen molar-refractivity contribution in [3.8, 4) is 0 Å². The molecule has 4 heavy (non-hydrogen) atoms. The first-order valence-corrected chi connectivity index (χ1v) is 1.19. The van der Waals surface area contributed by atoms with E-state index in [0.717, 1.165) is 0 Å². The molecule has 0 N–H and O–H groups in total. The first-order chi connectivity index (χ1) is 2.00. The van der Waals surface area contributed by atoms with Crippen LogP contribution in [0.5, 0.6) is 0 Å². The van der Waals surface area contributed by atoms with Gasteiger partial charge in [-0.2, -0.15) is 0 Å². The Labute approximate surface area is 27.0 Å². The number of hydrogen-bond acceptors (Lipinski definition) is 0. The molecule has 0 unspecified atom stereocenters. The minimum atomic E-state index is -1.75. The fourth-order valence-corrected chi connectivity index (χ4v) is 0. The molecule has 0 aliphatic rings. The molecule has 0 aromatic rings. The van der Waals surface area contributed by atoms with Crippen molar-refractivity contribution in [3.63, 3.8) is 0 Å². The maximum atomic E-state index is 11.4. The van der Waals surface area contributed by atoms with E-state index in [1.165, 1.54) is 13.8 Å². The van der Waals surface area contributed by atoms with Gasteiger partial charge in [0.25, 0.3) is 0 Å². The largest absolute Gasteiger partial charge is 0.248 e. The van der Waals surface area contributed by atoms with Crippen LogP contribution >= 0.6 is 0 Å². The van der Waals surface area contributed by atoms with Crippen LogP contribution in [0.3, 0.4) is 0 Å². The zero-order chi connectivity index (χ0) is 4.50. The minimum absolute atomic E-state index is 1.19. The standard InChI is InChI=1S/C3H7F/c1-3(2)4/h3H,1-2H3/i3D. The average Bonchev–Trinajstić information content (AvgIpc) is 0.722. The first kappa shape index (κ1) is 2.18. The highest BCUT2D eigenvalue weighted by Crippen LogP contribution is 1.77. The second-order valence-electron chi connectivity index (χ2n) is 0.878. The summed E-state index contributed by atoms with van der Waals surface area (Å²) in [5.41, 5.74) is 0. The molecule has 0 fully saturated rings. The van der Waals surface area contributed by atoms with Crippen molar-refractivity contribution in [2.24, 2.45) is 0 Å². The molecule has 0 bridgehead atoms. The summed E-state index contributed by atoms with van der Waals surface area (Å²) in [5, 5.41) is 0. The summed E-state index contributed by atoms with van der Waals surface area (Å²) in [6, 6.07) is 0. The van der Waals surface area contributed by atoms with Crippen LogP contribution in [-0.4, -0.2) is 6.15 Å². The van der Waals surface area contributed by atoms with Gasteiger partial charge in [0, 0.05) is 0 Å². The predicted molar refractivity (Wildman–Crippen MR) is 16.2 cm³/mol. The van der Waals surface area contributed by atoms with Crippen molar-refractivity contribution in [2.45, 2.75) is 20.0 Å². The normalized spacial score (nSPS) is 15.2. The van der Waals surface area contributed by atoms with Gasteiger partial charge in [-0.25, -0.2) is 4.39 Å². The van der Waals surface area contributed by atoms with Gasteiger partial charge in [-0.1, -0.05) is 0 Å². The highest BCUT2D eigenvalue weighted by atomic mass is 19.1. The molecule has 0 aromatic heterocycles. The monoisotopic (exact) mass is 63.1 g/mol.